The van der Waals surface area contributed by atoms with Crippen molar-refractivity contribution in [1.82, 2.24) is 4.98 Å². The number of methoxy groups -OCH3 is 1. The maximum atomic E-state index is 11.6. The number of aromatic nitrogens is 1. The molecule has 0 aliphatic rings. The third-order valence-electron chi connectivity index (χ3n) is 2.18. The molecule has 0 saturated heterocycles. The smallest absolute Gasteiger partial charge is 0.224 e. The molecule has 1 rings (SSSR count). The zero-order chi connectivity index (χ0) is 12.1. The van der Waals surface area contributed by atoms with Crippen LogP contribution in [0.1, 0.15) is 26.0 Å². The number of aryl methyl sites for hydroxylation is 1. The van der Waals surface area contributed by atoms with E-state index in [0.29, 0.717) is 23.8 Å². The number of rotatable bonds is 4. The van der Waals surface area contributed by atoms with Gasteiger partial charge >= 0.3 is 0 Å². The van der Waals surface area contributed by atoms with Gasteiger partial charge in [-0.2, -0.15) is 0 Å². The van der Waals surface area contributed by atoms with Crippen LogP contribution in [0.4, 0.5) is 5.69 Å². The quantitative estimate of drug-likeness (QED) is 0.851. The SMILES string of the molecule is COc1ccnc(C)c1NC(=O)CC(C)C. The number of pyridine rings is 1. The molecule has 4 heteroatoms. The molecule has 0 aliphatic carbocycles. The van der Waals surface area contributed by atoms with Gasteiger partial charge in [-0.05, 0) is 12.8 Å². The van der Waals surface area contributed by atoms with E-state index in [-0.39, 0.29) is 5.91 Å². The fourth-order valence-corrected chi connectivity index (χ4v) is 1.43. The first-order valence-electron chi connectivity index (χ1n) is 5.34. The topological polar surface area (TPSA) is 51.2 Å². The highest BCUT2D eigenvalue weighted by atomic mass is 16.5. The normalized spacial score (nSPS) is 10.3. The minimum atomic E-state index is -0.00981. The second-order valence-electron chi connectivity index (χ2n) is 4.12. The highest BCUT2D eigenvalue weighted by Crippen LogP contribution is 2.26. The summed E-state index contributed by atoms with van der Waals surface area (Å²) in [6.45, 7) is 5.85. The molecule has 1 N–H and O–H groups in total. The number of amides is 1. The van der Waals surface area contributed by atoms with Crippen molar-refractivity contribution >= 4 is 11.6 Å². The van der Waals surface area contributed by atoms with Crippen LogP contribution in [0.3, 0.4) is 0 Å². The van der Waals surface area contributed by atoms with Crippen LogP contribution in [0.2, 0.25) is 0 Å². The predicted molar refractivity (Wildman–Crippen MR) is 63.6 cm³/mol. The summed E-state index contributed by atoms with van der Waals surface area (Å²) in [4.78, 5) is 15.8. The lowest BCUT2D eigenvalue weighted by molar-refractivity contribution is -0.116. The van der Waals surface area contributed by atoms with Crippen molar-refractivity contribution in [2.75, 3.05) is 12.4 Å². The lowest BCUT2D eigenvalue weighted by Crippen LogP contribution is -2.15. The predicted octanol–water partition coefficient (Wildman–Crippen LogP) is 2.38. The molecule has 4 nitrogen and oxygen atoms in total. The molecular weight excluding hydrogens is 204 g/mol. The lowest BCUT2D eigenvalue weighted by Gasteiger charge is -2.12. The Kier molecular flexibility index (Phi) is 4.28. The molecule has 0 aromatic carbocycles. The van der Waals surface area contributed by atoms with Gasteiger partial charge in [0.1, 0.15) is 11.4 Å². The number of hydrogen-bond acceptors (Lipinski definition) is 3. The first kappa shape index (κ1) is 12.5. The van der Waals surface area contributed by atoms with Crippen molar-refractivity contribution < 1.29 is 9.53 Å². The molecule has 16 heavy (non-hydrogen) atoms. The minimum Gasteiger partial charge on any atom is -0.494 e. The maximum absolute atomic E-state index is 11.6. The Labute approximate surface area is 96.0 Å². The molecule has 1 aromatic heterocycles. The van der Waals surface area contributed by atoms with Gasteiger partial charge in [0.05, 0.1) is 12.8 Å². The standard InChI is InChI=1S/C12H18N2O2/c1-8(2)7-11(15)14-12-9(3)13-6-5-10(12)16-4/h5-6,8H,7H2,1-4H3,(H,14,15). The zero-order valence-corrected chi connectivity index (χ0v) is 10.2. The van der Waals surface area contributed by atoms with Crippen LogP contribution in [-0.4, -0.2) is 18.0 Å². The third kappa shape index (κ3) is 3.22. The monoisotopic (exact) mass is 222 g/mol. The largest absolute Gasteiger partial charge is 0.494 e. The molecule has 0 bridgehead atoms. The minimum absolute atomic E-state index is 0.00981. The summed E-state index contributed by atoms with van der Waals surface area (Å²) in [6, 6.07) is 1.73. The number of nitrogens with zero attached hydrogens (tertiary/aromatic N) is 1. The Morgan fingerprint density at radius 1 is 1.56 bits per heavy atom. The molecule has 1 amide bonds. The van der Waals surface area contributed by atoms with E-state index in [0.717, 1.165) is 5.69 Å². The summed E-state index contributed by atoms with van der Waals surface area (Å²) in [5.41, 5.74) is 1.42. The van der Waals surface area contributed by atoms with E-state index in [1.807, 2.05) is 20.8 Å². The van der Waals surface area contributed by atoms with E-state index in [1.165, 1.54) is 0 Å². The molecular formula is C12H18N2O2. The molecule has 0 radical (unpaired) electrons. The average molecular weight is 222 g/mol. The highest BCUT2D eigenvalue weighted by Gasteiger charge is 2.11. The Hall–Kier alpha value is -1.58. The number of hydrogen-bond donors (Lipinski definition) is 1. The Morgan fingerprint density at radius 3 is 2.81 bits per heavy atom. The van der Waals surface area contributed by atoms with Gasteiger partial charge < -0.3 is 10.1 Å². The summed E-state index contributed by atoms with van der Waals surface area (Å²) in [7, 11) is 1.58. The molecule has 1 aromatic rings. The van der Waals surface area contributed by atoms with Gasteiger partial charge in [-0.25, -0.2) is 0 Å². The van der Waals surface area contributed by atoms with Crippen LogP contribution in [0.15, 0.2) is 12.3 Å². The lowest BCUT2D eigenvalue weighted by atomic mass is 10.1. The molecule has 0 spiro atoms. The summed E-state index contributed by atoms with van der Waals surface area (Å²) in [5.74, 6) is 0.969. The van der Waals surface area contributed by atoms with Crippen molar-refractivity contribution in [1.29, 1.82) is 0 Å². The van der Waals surface area contributed by atoms with Crippen LogP contribution in [0, 0.1) is 12.8 Å². The molecule has 0 saturated carbocycles. The van der Waals surface area contributed by atoms with Crippen LogP contribution in [-0.2, 0) is 4.79 Å². The van der Waals surface area contributed by atoms with Crippen LogP contribution >= 0.6 is 0 Å². The second kappa shape index (κ2) is 5.49. The zero-order valence-electron chi connectivity index (χ0n) is 10.2. The van der Waals surface area contributed by atoms with Gasteiger partial charge in [0.2, 0.25) is 5.91 Å². The number of nitrogens with one attached hydrogen (secondary N) is 1. The van der Waals surface area contributed by atoms with E-state index in [2.05, 4.69) is 10.3 Å². The molecule has 0 fully saturated rings. The van der Waals surface area contributed by atoms with Crippen molar-refractivity contribution in [3.8, 4) is 5.75 Å². The Bertz CT molecular complexity index is 375. The van der Waals surface area contributed by atoms with Crippen molar-refractivity contribution in [3.05, 3.63) is 18.0 Å². The van der Waals surface area contributed by atoms with Gasteiger partial charge in [0, 0.05) is 18.7 Å². The van der Waals surface area contributed by atoms with E-state index in [9.17, 15) is 4.79 Å². The van der Waals surface area contributed by atoms with Gasteiger partial charge in [-0.1, -0.05) is 13.8 Å². The van der Waals surface area contributed by atoms with Crippen LogP contribution in [0.25, 0.3) is 0 Å². The fraction of sp³-hybridized carbons (Fsp3) is 0.500. The van der Waals surface area contributed by atoms with E-state index >= 15 is 0 Å². The molecule has 0 atom stereocenters. The van der Waals surface area contributed by atoms with Crippen LogP contribution < -0.4 is 10.1 Å². The number of carbonyl (C=O) groups excluding carboxylic acids is 1. The first-order chi connectivity index (χ1) is 7.54. The van der Waals surface area contributed by atoms with Gasteiger partial charge in [0.25, 0.3) is 0 Å². The second-order valence-corrected chi connectivity index (χ2v) is 4.12. The third-order valence-corrected chi connectivity index (χ3v) is 2.18. The first-order valence-corrected chi connectivity index (χ1v) is 5.34. The molecule has 0 unspecified atom stereocenters. The van der Waals surface area contributed by atoms with Gasteiger partial charge in [0.15, 0.2) is 0 Å². The highest BCUT2D eigenvalue weighted by molar-refractivity contribution is 5.92. The average Bonchev–Trinajstić information content (AvgIpc) is 2.20. The number of carbonyl (C=O) groups is 1. The number of ether oxygens (including phenoxy) is 1. The molecule has 1 heterocycles. The van der Waals surface area contributed by atoms with E-state index in [1.54, 1.807) is 19.4 Å². The Morgan fingerprint density at radius 2 is 2.25 bits per heavy atom. The van der Waals surface area contributed by atoms with Crippen LogP contribution in [0.5, 0.6) is 5.75 Å². The summed E-state index contributed by atoms with van der Waals surface area (Å²) >= 11 is 0. The summed E-state index contributed by atoms with van der Waals surface area (Å²) < 4.78 is 5.18. The van der Waals surface area contributed by atoms with Gasteiger partial charge in [-0.15, -0.1) is 0 Å². The summed E-state index contributed by atoms with van der Waals surface area (Å²) in [5, 5.41) is 2.83. The maximum Gasteiger partial charge on any atom is 0.224 e. The molecule has 0 aliphatic heterocycles. The summed E-state index contributed by atoms with van der Waals surface area (Å²) in [6.07, 6.45) is 2.16. The van der Waals surface area contributed by atoms with E-state index in [4.69, 9.17) is 4.74 Å². The van der Waals surface area contributed by atoms with Gasteiger partial charge in [-0.3, -0.25) is 9.78 Å². The molecule has 88 valence electrons. The van der Waals surface area contributed by atoms with E-state index < -0.39 is 0 Å². The van der Waals surface area contributed by atoms with Crippen molar-refractivity contribution in [2.24, 2.45) is 5.92 Å². The van der Waals surface area contributed by atoms with Crippen molar-refractivity contribution in [2.45, 2.75) is 27.2 Å². The van der Waals surface area contributed by atoms with Crippen molar-refractivity contribution in [3.63, 3.8) is 0 Å². The number of anilines is 1. The fourth-order valence-electron chi connectivity index (χ4n) is 1.43. The Balaban J connectivity index is 2.83.